The van der Waals surface area contributed by atoms with Crippen LogP contribution in [0, 0.1) is 0 Å². The van der Waals surface area contributed by atoms with Crippen molar-refractivity contribution in [2.45, 2.75) is 0 Å². The second kappa shape index (κ2) is 6.07. The Morgan fingerprint density at radius 1 is 1.25 bits per heavy atom. The standard InChI is InChI=1S/C11H11BrN2O2/c1-2-7-13-10(15)11(16)14-9-5-3-8(12)4-6-9/h2-6H,1,7H2,(H,13,15)(H,14,16). The van der Waals surface area contributed by atoms with Crippen LogP contribution in [0.15, 0.2) is 41.4 Å². The summed E-state index contributed by atoms with van der Waals surface area (Å²) in [5.74, 6) is -1.37. The fourth-order valence-corrected chi connectivity index (χ4v) is 1.23. The third-order valence-corrected chi connectivity index (χ3v) is 2.24. The van der Waals surface area contributed by atoms with Gasteiger partial charge in [-0.25, -0.2) is 0 Å². The van der Waals surface area contributed by atoms with Gasteiger partial charge in [0, 0.05) is 16.7 Å². The monoisotopic (exact) mass is 282 g/mol. The van der Waals surface area contributed by atoms with Crippen molar-refractivity contribution in [1.29, 1.82) is 0 Å². The first-order valence-corrected chi connectivity index (χ1v) is 5.38. The molecule has 5 heteroatoms. The van der Waals surface area contributed by atoms with Crippen LogP contribution in [0.5, 0.6) is 0 Å². The summed E-state index contributed by atoms with van der Waals surface area (Å²) in [5.41, 5.74) is 0.571. The Morgan fingerprint density at radius 3 is 2.44 bits per heavy atom. The summed E-state index contributed by atoms with van der Waals surface area (Å²) < 4.78 is 0.904. The number of carbonyl (C=O) groups is 2. The summed E-state index contributed by atoms with van der Waals surface area (Å²) in [4.78, 5) is 22.5. The first kappa shape index (κ1) is 12.4. The van der Waals surface area contributed by atoms with E-state index in [-0.39, 0.29) is 6.54 Å². The van der Waals surface area contributed by atoms with Crippen molar-refractivity contribution < 1.29 is 9.59 Å². The maximum Gasteiger partial charge on any atom is 0.313 e. The fraction of sp³-hybridized carbons (Fsp3) is 0.0909. The number of carbonyl (C=O) groups excluding carboxylic acids is 2. The number of benzene rings is 1. The van der Waals surface area contributed by atoms with Crippen LogP contribution < -0.4 is 10.6 Å². The van der Waals surface area contributed by atoms with Gasteiger partial charge in [0.25, 0.3) is 0 Å². The molecule has 0 aliphatic rings. The number of rotatable bonds is 3. The van der Waals surface area contributed by atoms with E-state index in [9.17, 15) is 9.59 Å². The molecule has 0 aromatic heterocycles. The van der Waals surface area contributed by atoms with Gasteiger partial charge in [-0.2, -0.15) is 0 Å². The molecular weight excluding hydrogens is 272 g/mol. The van der Waals surface area contributed by atoms with Gasteiger partial charge in [0.1, 0.15) is 0 Å². The molecule has 1 aromatic rings. The topological polar surface area (TPSA) is 58.2 Å². The molecule has 16 heavy (non-hydrogen) atoms. The minimum Gasteiger partial charge on any atom is -0.344 e. The number of hydrogen-bond acceptors (Lipinski definition) is 2. The van der Waals surface area contributed by atoms with E-state index in [0.29, 0.717) is 5.69 Å². The Morgan fingerprint density at radius 2 is 1.88 bits per heavy atom. The zero-order chi connectivity index (χ0) is 12.0. The predicted octanol–water partition coefficient (Wildman–Crippen LogP) is 1.69. The summed E-state index contributed by atoms with van der Waals surface area (Å²) in [6.45, 7) is 3.70. The van der Waals surface area contributed by atoms with E-state index in [2.05, 4.69) is 33.1 Å². The van der Waals surface area contributed by atoms with E-state index in [0.717, 1.165) is 4.47 Å². The van der Waals surface area contributed by atoms with Crippen molar-refractivity contribution in [3.8, 4) is 0 Å². The van der Waals surface area contributed by atoms with Crippen LogP contribution in [0.25, 0.3) is 0 Å². The maximum absolute atomic E-state index is 11.3. The van der Waals surface area contributed by atoms with E-state index >= 15 is 0 Å². The number of anilines is 1. The third kappa shape index (κ3) is 3.86. The molecule has 0 aliphatic heterocycles. The summed E-state index contributed by atoms with van der Waals surface area (Å²) >= 11 is 3.27. The summed E-state index contributed by atoms with van der Waals surface area (Å²) in [6, 6.07) is 6.94. The van der Waals surface area contributed by atoms with Crippen molar-refractivity contribution >= 4 is 33.4 Å². The average molecular weight is 283 g/mol. The fourth-order valence-electron chi connectivity index (χ4n) is 0.966. The van der Waals surface area contributed by atoms with E-state index in [1.54, 1.807) is 24.3 Å². The molecule has 0 atom stereocenters. The molecule has 2 N–H and O–H groups in total. The van der Waals surface area contributed by atoms with Crippen LogP contribution in [0.2, 0.25) is 0 Å². The van der Waals surface area contributed by atoms with Crippen molar-refractivity contribution in [3.05, 3.63) is 41.4 Å². The van der Waals surface area contributed by atoms with E-state index < -0.39 is 11.8 Å². The zero-order valence-corrected chi connectivity index (χ0v) is 10.1. The van der Waals surface area contributed by atoms with Gasteiger partial charge >= 0.3 is 11.8 Å². The van der Waals surface area contributed by atoms with Gasteiger partial charge in [-0.15, -0.1) is 6.58 Å². The molecule has 0 spiro atoms. The highest BCUT2D eigenvalue weighted by molar-refractivity contribution is 9.10. The summed E-state index contributed by atoms with van der Waals surface area (Å²) in [7, 11) is 0. The molecule has 0 bridgehead atoms. The molecule has 0 saturated carbocycles. The van der Waals surface area contributed by atoms with E-state index in [4.69, 9.17) is 0 Å². The average Bonchev–Trinajstić information content (AvgIpc) is 2.29. The Balaban J connectivity index is 2.54. The lowest BCUT2D eigenvalue weighted by atomic mass is 10.3. The van der Waals surface area contributed by atoms with Gasteiger partial charge in [0.05, 0.1) is 0 Å². The van der Waals surface area contributed by atoms with Gasteiger partial charge < -0.3 is 10.6 Å². The van der Waals surface area contributed by atoms with Crippen LogP contribution in [0.3, 0.4) is 0 Å². The van der Waals surface area contributed by atoms with Gasteiger partial charge in [-0.05, 0) is 24.3 Å². The smallest absolute Gasteiger partial charge is 0.313 e. The molecular formula is C11H11BrN2O2. The highest BCUT2D eigenvalue weighted by Gasteiger charge is 2.11. The molecule has 0 aliphatic carbocycles. The third-order valence-electron chi connectivity index (χ3n) is 1.72. The van der Waals surface area contributed by atoms with Crippen LogP contribution in [-0.2, 0) is 9.59 Å². The highest BCUT2D eigenvalue weighted by atomic mass is 79.9. The van der Waals surface area contributed by atoms with Crippen LogP contribution in [-0.4, -0.2) is 18.4 Å². The van der Waals surface area contributed by atoms with Crippen LogP contribution in [0.4, 0.5) is 5.69 Å². The van der Waals surface area contributed by atoms with Gasteiger partial charge in [0.2, 0.25) is 0 Å². The molecule has 0 heterocycles. The Bertz CT molecular complexity index is 401. The van der Waals surface area contributed by atoms with Gasteiger partial charge in [-0.1, -0.05) is 22.0 Å². The number of hydrogen-bond donors (Lipinski definition) is 2. The Labute approximate surface area is 102 Å². The first-order chi connectivity index (χ1) is 7.63. The molecule has 0 unspecified atom stereocenters. The van der Waals surface area contributed by atoms with Gasteiger partial charge in [0.15, 0.2) is 0 Å². The van der Waals surface area contributed by atoms with Crippen molar-refractivity contribution in [2.75, 3.05) is 11.9 Å². The maximum atomic E-state index is 11.3. The predicted molar refractivity (Wildman–Crippen MR) is 66.0 cm³/mol. The van der Waals surface area contributed by atoms with Gasteiger partial charge in [-0.3, -0.25) is 9.59 Å². The lowest BCUT2D eigenvalue weighted by Gasteiger charge is -2.04. The van der Waals surface area contributed by atoms with E-state index in [1.807, 2.05) is 0 Å². The Kier molecular flexibility index (Phi) is 4.72. The highest BCUT2D eigenvalue weighted by Crippen LogP contribution is 2.13. The van der Waals surface area contributed by atoms with Crippen LogP contribution in [0.1, 0.15) is 0 Å². The molecule has 1 aromatic carbocycles. The minimum atomic E-state index is -0.691. The SMILES string of the molecule is C=CCNC(=O)C(=O)Nc1ccc(Br)cc1. The number of halogens is 1. The summed E-state index contributed by atoms with van der Waals surface area (Å²) in [6.07, 6.45) is 1.50. The summed E-state index contributed by atoms with van der Waals surface area (Å²) in [5, 5.41) is 4.86. The lowest BCUT2D eigenvalue weighted by molar-refractivity contribution is -0.136. The van der Waals surface area contributed by atoms with Crippen molar-refractivity contribution in [2.24, 2.45) is 0 Å². The quantitative estimate of drug-likeness (QED) is 0.655. The van der Waals surface area contributed by atoms with Crippen molar-refractivity contribution in [1.82, 2.24) is 5.32 Å². The molecule has 0 saturated heterocycles. The zero-order valence-electron chi connectivity index (χ0n) is 8.50. The van der Waals surface area contributed by atoms with E-state index in [1.165, 1.54) is 6.08 Å². The number of nitrogens with one attached hydrogen (secondary N) is 2. The minimum absolute atomic E-state index is 0.270. The second-order valence-electron chi connectivity index (χ2n) is 2.96. The second-order valence-corrected chi connectivity index (χ2v) is 3.88. The normalized spacial score (nSPS) is 9.31. The lowest BCUT2D eigenvalue weighted by Crippen LogP contribution is -2.35. The molecule has 0 fully saturated rings. The molecule has 0 radical (unpaired) electrons. The first-order valence-electron chi connectivity index (χ1n) is 4.59. The molecule has 84 valence electrons. The molecule has 1 rings (SSSR count). The molecule has 2 amide bonds. The molecule has 4 nitrogen and oxygen atoms in total. The van der Waals surface area contributed by atoms with Crippen molar-refractivity contribution in [3.63, 3.8) is 0 Å². The largest absolute Gasteiger partial charge is 0.344 e. The number of amides is 2. The van der Waals surface area contributed by atoms with Crippen LogP contribution >= 0.6 is 15.9 Å². The Hall–Kier alpha value is -1.62.